The van der Waals surface area contributed by atoms with Crippen molar-refractivity contribution in [2.75, 3.05) is 5.73 Å². The number of aryl methyl sites for hydroxylation is 2. The lowest BCUT2D eigenvalue weighted by atomic mass is 10.1. The van der Waals surface area contributed by atoms with Crippen LogP contribution in [0.3, 0.4) is 0 Å². The number of nitrogen functional groups attached to an aromatic ring is 1. The molecule has 2 aromatic carbocycles. The van der Waals surface area contributed by atoms with Crippen LogP contribution >= 0.6 is 0 Å². The third kappa shape index (κ3) is 2.13. The molecule has 0 saturated heterocycles. The van der Waals surface area contributed by atoms with Crippen LogP contribution in [0, 0.1) is 11.3 Å². The fourth-order valence-electron chi connectivity index (χ4n) is 2.47. The second-order valence-corrected chi connectivity index (χ2v) is 4.72. The molecule has 19 heavy (non-hydrogen) atoms. The highest BCUT2D eigenvalue weighted by Crippen LogP contribution is 2.32. The number of para-hydroxylation sites is 1. The van der Waals surface area contributed by atoms with Crippen molar-refractivity contribution in [3.05, 3.63) is 53.1 Å². The summed E-state index contributed by atoms with van der Waals surface area (Å²) in [5.41, 5.74) is 9.51. The first-order chi connectivity index (χ1) is 9.28. The van der Waals surface area contributed by atoms with Gasteiger partial charge in [0, 0.05) is 0 Å². The van der Waals surface area contributed by atoms with Crippen LogP contribution in [0.5, 0.6) is 11.5 Å². The maximum atomic E-state index is 8.95. The third-order valence-electron chi connectivity index (χ3n) is 3.48. The SMILES string of the molecule is N#Cc1cccc(Oc2ccc3c(c2)CCC3)c1N. The van der Waals surface area contributed by atoms with Gasteiger partial charge in [-0.3, -0.25) is 0 Å². The number of nitrogens with two attached hydrogens (primary N) is 1. The van der Waals surface area contributed by atoms with Crippen LogP contribution in [-0.4, -0.2) is 0 Å². The first-order valence-electron chi connectivity index (χ1n) is 6.36. The molecule has 0 bridgehead atoms. The lowest BCUT2D eigenvalue weighted by Crippen LogP contribution is -1.95. The standard InChI is InChI=1S/C16H14N2O/c17-10-13-5-2-6-15(16(13)18)19-14-8-7-11-3-1-4-12(11)9-14/h2,5-9H,1,3-4,18H2. The Bertz CT molecular complexity index is 671. The number of benzene rings is 2. The zero-order valence-corrected chi connectivity index (χ0v) is 10.5. The van der Waals surface area contributed by atoms with E-state index < -0.39 is 0 Å². The lowest BCUT2D eigenvalue weighted by molar-refractivity contribution is 0.484. The molecule has 0 saturated carbocycles. The molecule has 3 heteroatoms. The Morgan fingerprint density at radius 1 is 1.11 bits per heavy atom. The fraction of sp³-hybridized carbons (Fsp3) is 0.188. The van der Waals surface area contributed by atoms with Crippen molar-refractivity contribution in [3.8, 4) is 17.6 Å². The number of nitrogens with zero attached hydrogens (tertiary/aromatic N) is 1. The van der Waals surface area contributed by atoms with E-state index in [0.717, 1.165) is 18.6 Å². The van der Waals surface area contributed by atoms with Gasteiger partial charge < -0.3 is 10.5 Å². The second-order valence-electron chi connectivity index (χ2n) is 4.72. The van der Waals surface area contributed by atoms with Crippen molar-refractivity contribution >= 4 is 5.69 Å². The first kappa shape index (κ1) is 11.6. The van der Waals surface area contributed by atoms with Crippen LogP contribution < -0.4 is 10.5 Å². The molecule has 0 atom stereocenters. The van der Waals surface area contributed by atoms with Gasteiger partial charge in [-0.25, -0.2) is 0 Å². The molecule has 0 aromatic heterocycles. The van der Waals surface area contributed by atoms with E-state index in [4.69, 9.17) is 15.7 Å². The van der Waals surface area contributed by atoms with Gasteiger partial charge in [0.1, 0.15) is 11.8 Å². The van der Waals surface area contributed by atoms with Crippen LogP contribution in [0.2, 0.25) is 0 Å². The monoisotopic (exact) mass is 250 g/mol. The van der Waals surface area contributed by atoms with Crippen LogP contribution in [0.4, 0.5) is 5.69 Å². The van der Waals surface area contributed by atoms with E-state index in [0.29, 0.717) is 17.0 Å². The van der Waals surface area contributed by atoms with E-state index in [2.05, 4.69) is 18.2 Å². The van der Waals surface area contributed by atoms with E-state index in [-0.39, 0.29) is 0 Å². The van der Waals surface area contributed by atoms with E-state index in [1.54, 1.807) is 18.2 Å². The summed E-state index contributed by atoms with van der Waals surface area (Å²) in [5.74, 6) is 1.32. The molecule has 0 aliphatic heterocycles. The topological polar surface area (TPSA) is 59.0 Å². The van der Waals surface area contributed by atoms with Gasteiger partial charge >= 0.3 is 0 Å². The Labute approximate surface area is 112 Å². The second kappa shape index (κ2) is 4.66. The van der Waals surface area contributed by atoms with Crippen molar-refractivity contribution < 1.29 is 4.74 Å². The summed E-state index contributed by atoms with van der Waals surface area (Å²) in [4.78, 5) is 0. The van der Waals surface area contributed by atoms with Crippen LogP contribution in [0.25, 0.3) is 0 Å². The molecule has 2 N–H and O–H groups in total. The van der Waals surface area contributed by atoms with Gasteiger partial charge in [0.15, 0.2) is 5.75 Å². The molecule has 0 spiro atoms. The summed E-state index contributed by atoms with van der Waals surface area (Å²) < 4.78 is 5.80. The average molecular weight is 250 g/mol. The van der Waals surface area contributed by atoms with Gasteiger partial charge in [0.05, 0.1) is 11.3 Å². The largest absolute Gasteiger partial charge is 0.455 e. The van der Waals surface area contributed by atoms with Gasteiger partial charge in [-0.15, -0.1) is 0 Å². The Hall–Kier alpha value is -2.47. The van der Waals surface area contributed by atoms with Crippen LogP contribution in [0.15, 0.2) is 36.4 Å². The number of hydrogen-bond donors (Lipinski definition) is 1. The summed E-state index contributed by atoms with van der Waals surface area (Å²) in [6.45, 7) is 0. The summed E-state index contributed by atoms with van der Waals surface area (Å²) in [6.07, 6.45) is 3.48. The van der Waals surface area contributed by atoms with Gasteiger partial charge in [0.25, 0.3) is 0 Å². The van der Waals surface area contributed by atoms with Crippen LogP contribution in [0.1, 0.15) is 23.1 Å². The van der Waals surface area contributed by atoms with Crippen molar-refractivity contribution in [1.82, 2.24) is 0 Å². The molecular weight excluding hydrogens is 236 g/mol. The highest BCUT2D eigenvalue weighted by Gasteiger charge is 2.12. The van der Waals surface area contributed by atoms with Crippen molar-refractivity contribution in [2.24, 2.45) is 0 Å². The minimum atomic E-state index is 0.394. The maximum absolute atomic E-state index is 8.95. The van der Waals surface area contributed by atoms with Crippen molar-refractivity contribution in [3.63, 3.8) is 0 Å². The van der Waals surface area contributed by atoms with E-state index in [1.165, 1.54) is 17.5 Å². The summed E-state index contributed by atoms with van der Waals surface area (Å²) in [7, 11) is 0. The molecule has 2 aromatic rings. The molecule has 3 nitrogen and oxygen atoms in total. The molecule has 94 valence electrons. The number of hydrogen-bond acceptors (Lipinski definition) is 3. The zero-order valence-electron chi connectivity index (χ0n) is 10.5. The van der Waals surface area contributed by atoms with E-state index >= 15 is 0 Å². The smallest absolute Gasteiger partial charge is 0.151 e. The lowest BCUT2D eigenvalue weighted by Gasteiger charge is -2.10. The number of fused-ring (bicyclic) bond motifs is 1. The Morgan fingerprint density at radius 2 is 1.95 bits per heavy atom. The van der Waals surface area contributed by atoms with Gasteiger partial charge in [0.2, 0.25) is 0 Å². The van der Waals surface area contributed by atoms with Crippen molar-refractivity contribution in [2.45, 2.75) is 19.3 Å². The normalized spacial score (nSPS) is 12.8. The number of rotatable bonds is 2. The Balaban J connectivity index is 1.92. The predicted molar refractivity (Wildman–Crippen MR) is 74.1 cm³/mol. The summed E-state index contributed by atoms with van der Waals surface area (Å²) in [5, 5.41) is 8.95. The molecule has 0 fully saturated rings. The van der Waals surface area contributed by atoms with Gasteiger partial charge in [-0.2, -0.15) is 5.26 Å². The molecular formula is C16H14N2O. The third-order valence-corrected chi connectivity index (χ3v) is 3.48. The highest BCUT2D eigenvalue weighted by atomic mass is 16.5. The van der Waals surface area contributed by atoms with E-state index in [1.807, 2.05) is 6.07 Å². The first-order valence-corrected chi connectivity index (χ1v) is 6.36. The minimum absolute atomic E-state index is 0.394. The van der Waals surface area contributed by atoms with E-state index in [9.17, 15) is 0 Å². The molecule has 1 aliphatic rings. The van der Waals surface area contributed by atoms with Crippen molar-refractivity contribution in [1.29, 1.82) is 5.26 Å². The maximum Gasteiger partial charge on any atom is 0.151 e. The molecule has 1 aliphatic carbocycles. The highest BCUT2D eigenvalue weighted by molar-refractivity contribution is 5.64. The Morgan fingerprint density at radius 3 is 2.79 bits per heavy atom. The average Bonchev–Trinajstić information content (AvgIpc) is 2.88. The summed E-state index contributed by atoms with van der Waals surface area (Å²) >= 11 is 0. The van der Waals surface area contributed by atoms with Gasteiger partial charge in [-0.1, -0.05) is 12.1 Å². The number of ether oxygens (including phenoxy) is 1. The molecule has 3 rings (SSSR count). The molecule has 0 heterocycles. The Kier molecular flexibility index (Phi) is 2.85. The molecule has 0 amide bonds. The number of anilines is 1. The fourth-order valence-corrected chi connectivity index (χ4v) is 2.47. The van der Waals surface area contributed by atoms with Gasteiger partial charge in [-0.05, 0) is 54.7 Å². The molecule has 0 unspecified atom stereocenters. The van der Waals surface area contributed by atoms with Crippen LogP contribution in [-0.2, 0) is 12.8 Å². The quantitative estimate of drug-likeness (QED) is 0.831. The zero-order chi connectivity index (χ0) is 13.2. The number of nitriles is 1. The minimum Gasteiger partial charge on any atom is -0.455 e. The predicted octanol–water partition coefficient (Wildman–Crippen LogP) is 3.42. The molecule has 0 radical (unpaired) electrons. The summed E-state index contributed by atoms with van der Waals surface area (Å²) in [6, 6.07) is 13.4.